The Balaban J connectivity index is 1.59. The second kappa shape index (κ2) is 48.2. The Morgan fingerprint density at radius 3 is 1.16 bits per heavy atom. The quantitative estimate of drug-likeness (QED) is 0.0134. The number of aliphatic carboxylic acids is 1. The second-order valence-electron chi connectivity index (χ2n) is 29.3. The molecule has 2 aromatic heterocycles. The van der Waals surface area contributed by atoms with Gasteiger partial charge in [0.25, 0.3) is 0 Å². The fraction of sp³-hybridized carbons (Fsp3) is 0.600. The number of aliphatic hydroxyl groups is 1. The third-order valence-electron chi connectivity index (χ3n) is 18.6. The molecule has 29 N–H and O–H groups in total. The third-order valence-corrected chi connectivity index (χ3v) is 18.6. The molecule has 0 aliphatic heterocycles. The van der Waals surface area contributed by atoms with Gasteiger partial charge in [-0.3, -0.25) is 62.7 Å². The molecule has 2 heterocycles. The Bertz CT molecular complexity index is 3760. The molecule has 0 fully saturated rings. The highest BCUT2D eigenvalue weighted by atomic mass is 16.4. The zero-order valence-electron chi connectivity index (χ0n) is 65.2. The summed E-state index contributed by atoms with van der Waals surface area (Å²) >= 11 is 0. The maximum absolute atomic E-state index is 15.0. The van der Waals surface area contributed by atoms with Gasteiger partial charge in [0.1, 0.15) is 66.5 Å². The summed E-state index contributed by atoms with van der Waals surface area (Å²) in [5.41, 5.74) is 42.2. The molecule has 2 aromatic carbocycles. The monoisotopic (exact) mass is 1550 g/mol. The van der Waals surface area contributed by atoms with Gasteiger partial charge >= 0.3 is 5.97 Å². The number of unbranched alkanes of at least 4 members (excludes halogenated alkanes) is 2. The number of carbonyl (C=O) groups excluding carboxylic acids is 11. The molecular weight excluding hydrogens is 1430 g/mol. The average molecular weight is 1560 g/mol. The lowest BCUT2D eigenvalue weighted by Gasteiger charge is -2.29. The van der Waals surface area contributed by atoms with Gasteiger partial charge < -0.3 is 119 Å². The molecule has 0 aliphatic carbocycles. The van der Waals surface area contributed by atoms with Crippen molar-refractivity contribution in [1.29, 1.82) is 0 Å². The normalized spacial score (nSPS) is 14.6. The molecule has 0 saturated heterocycles. The van der Waals surface area contributed by atoms with Crippen molar-refractivity contribution in [3.63, 3.8) is 0 Å². The summed E-state index contributed by atoms with van der Waals surface area (Å²) in [4.78, 5) is 184. The highest BCUT2D eigenvalue weighted by Gasteiger charge is 2.38. The molecule has 36 nitrogen and oxygen atoms in total. The summed E-state index contributed by atoms with van der Waals surface area (Å²) in [5, 5.41) is 51.0. The fourth-order valence-corrected chi connectivity index (χ4v) is 12.4. The molecule has 36 heteroatoms. The van der Waals surface area contributed by atoms with Crippen molar-refractivity contribution >= 4 is 105 Å². The number of H-pyrrole nitrogens is 2. The maximum Gasteiger partial charge on any atom is 0.326 e. The SMILES string of the molecule is CC[C@H](C)[C@H](NC(=O)[C@H](Cc1c[nH]c2ccccc12)NC(=O)[C@H](CC(C)C)NC(=O)[C@H](CC(C)C)NC(=O)[C@H](Cc1c[nH]c2ccccc12)NC(=O)[C@@H](N)CO)C(=O)NCC(=O)N[C@@H](CC(C)C)C(=O)N[C@@H](CCCN=C(N)N)C(=O)N[C@@H](CCCCN)C(=O)N[C@@H](CCCCN)C(=O)N[C@@H](CCCN=C(N)N)C(=O)O. The zero-order valence-corrected chi connectivity index (χ0v) is 65.2. The number of aromatic nitrogens is 2. The van der Waals surface area contributed by atoms with Gasteiger partial charge in [0.15, 0.2) is 11.9 Å². The van der Waals surface area contributed by atoms with E-state index < -0.39 is 156 Å². The molecule has 616 valence electrons. The van der Waals surface area contributed by atoms with Gasteiger partial charge in [0, 0.05) is 60.1 Å². The van der Waals surface area contributed by atoms with E-state index in [9.17, 15) is 63.0 Å². The number of rotatable bonds is 52. The largest absolute Gasteiger partial charge is 0.480 e. The molecule has 4 aromatic rings. The van der Waals surface area contributed by atoms with Crippen molar-refractivity contribution in [1.82, 2.24) is 68.5 Å². The Kier molecular flexibility index (Phi) is 40.4. The van der Waals surface area contributed by atoms with Crippen LogP contribution in [0.2, 0.25) is 0 Å². The van der Waals surface area contributed by atoms with E-state index in [-0.39, 0.29) is 126 Å². The van der Waals surface area contributed by atoms with Gasteiger partial charge in [-0.25, -0.2) is 4.79 Å². The molecule has 0 saturated carbocycles. The number of guanidine groups is 2. The highest BCUT2D eigenvalue weighted by molar-refractivity contribution is 6.00. The van der Waals surface area contributed by atoms with E-state index in [0.717, 1.165) is 21.8 Å². The van der Waals surface area contributed by atoms with E-state index >= 15 is 4.79 Å². The van der Waals surface area contributed by atoms with E-state index in [1.807, 2.05) is 70.2 Å². The second-order valence-corrected chi connectivity index (χ2v) is 29.3. The van der Waals surface area contributed by atoms with Gasteiger partial charge in [-0.15, -0.1) is 0 Å². The number of carbonyl (C=O) groups is 12. The van der Waals surface area contributed by atoms with E-state index in [4.69, 9.17) is 40.1 Å². The minimum atomic E-state index is -1.41. The predicted octanol–water partition coefficient (Wildman–Crippen LogP) is -1.65. The van der Waals surface area contributed by atoms with Crippen LogP contribution in [0.5, 0.6) is 0 Å². The first kappa shape index (κ1) is 92.9. The molecule has 0 aliphatic rings. The number of hydrogen-bond donors (Lipinski definition) is 22. The van der Waals surface area contributed by atoms with Crippen LogP contribution < -0.4 is 98.6 Å². The van der Waals surface area contributed by atoms with Crippen LogP contribution in [0.25, 0.3) is 21.8 Å². The number of carboxylic acids is 1. The number of aromatic amines is 2. The summed E-state index contributed by atoms with van der Waals surface area (Å²) in [7, 11) is 0. The number of para-hydroxylation sites is 2. The topological polar surface area (TPSA) is 616 Å². The zero-order chi connectivity index (χ0) is 82.4. The lowest BCUT2D eigenvalue weighted by molar-refractivity contribution is -0.142. The van der Waals surface area contributed by atoms with Crippen LogP contribution in [0.15, 0.2) is 70.9 Å². The Morgan fingerprint density at radius 1 is 0.432 bits per heavy atom. The van der Waals surface area contributed by atoms with Crippen molar-refractivity contribution in [3.8, 4) is 0 Å². The van der Waals surface area contributed by atoms with Gasteiger partial charge in [0.2, 0.25) is 65.0 Å². The Labute approximate surface area is 648 Å². The van der Waals surface area contributed by atoms with E-state index in [2.05, 4.69) is 78.4 Å². The van der Waals surface area contributed by atoms with Crippen LogP contribution in [0.4, 0.5) is 0 Å². The number of nitrogens with zero attached hydrogens (tertiary/aromatic N) is 2. The number of nitrogens with one attached hydrogen (secondary N) is 13. The summed E-state index contributed by atoms with van der Waals surface area (Å²) in [5.74, 6) is -11.8. The van der Waals surface area contributed by atoms with Gasteiger partial charge in [-0.2, -0.15) is 0 Å². The summed E-state index contributed by atoms with van der Waals surface area (Å²) in [6.07, 6.45) is 5.52. The van der Waals surface area contributed by atoms with Gasteiger partial charge in [-0.05, 0) is 143 Å². The number of hydrogen-bond acceptors (Lipinski definition) is 18. The molecule has 12 atom stereocenters. The predicted molar refractivity (Wildman–Crippen MR) is 422 cm³/mol. The number of aliphatic imine (C=N–C) groups is 2. The number of amides is 11. The molecule has 0 spiro atoms. The number of carboxylic acid groups (broad SMARTS) is 1. The van der Waals surface area contributed by atoms with Crippen LogP contribution >= 0.6 is 0 Å². The minimum Gasteiger partial charge on any atom is -0.480 e. The van der Waals surface area contributed by atoms with Crippen LogP contribution in [0.3, 0.4) is 0 Å². The number of aliphatic hydroxyl groups excluding tert-OH is 1. The summed E-state index contributed by atoms with van der Waals surface area (Å²) in [6.45, 7) is 13.6. The summed E-state index contributed by atoms with van der Waals surface area (Å²) in [6, 6.07) is -0.0175. The first-order valence-corrected chi connectivity index (χ1v) is 38.2. The molecule has 0 unspecified atom stereocenters. The number of fused-ring (bicyclic) bond motifs is 2. The maximum atomic E-state index is 15.0. The molecule has 4 rings (SSSR count). The van der Waals surface area contributed by atoms with E-state index in [1.54, 1.807) is 46.2 Å². The molecule has 0 radical (unpaired) electrons. The molecule has 111 heavy (non-hydrogen) atoms. The number of nitrogens with two attached hydrogens (primary N) is 7. The van der Waals surface area contributed by atoms with Crippen molar-refractivity contribution in [2.45, 2.75) is 225 Å². The van der Waals surface area contributed by atoms with Crippen molar-refractivity contribution in [2.24, 2.45) is 73.8 Å². The first-order chi connectivity index (χ1) is 52.7. The standard InChI is InChI=1S/C75H122N22O14/c1-9-44(8)62(72(109)87-39-61(99)88-56(32-41(2)3)67(104)91-54(26-18-30-83-74(79)80)65(102)89-52(24-14-16-28-76)64(101)90-53(25-15-17-29-77)66(103)92-55(73(110)111)27-19-31-84-75(81)82)97-71(108)60(36-46-38-86-51-23-13-11-21-48(46)51)96-69(106)58(34-43(6)7)94-68(105)57(33-42(4)5)95-70(107)59(93-63(100)49(78)40-98)35-45-37-85-50-22-12-10-20-47(45)50/h10-13,20-23,37-38,41-44,49,52-60,62,85-86,98H,9,14-19,24-36,39-40,76-78H2,1-8H3,(H,87,109)(H,88,99)(H,89,102)(H,90,101)(H,91,104)(H,92,103)(H,93,100)(H,94,105)(H,95,107)(H,96,106)(H,97,108)(H,110,111)(H4,79,80,83)(H4,81,82,84)/t44-,49-,52-,53-,54-,55-,56-,57-,58-,59-,60-,62-/m0/s1. The van der Waals surface area contributed by atoms with Gasteiger partial charge in [-0.1, -0.05) is 98.2 Å². The lowest BCUT2D eigenvalue weighted by Crippen LogP contribution is -2.61. The summed E-state index contributed by atoms with van der Waals surface area (Å²) < 4.78 is 0. The minimum absolute atomic E-state index is 0.0154. The van der Waals surface area contributed by atoms with Crippen LogP contribution in [0.1, 0.15) is 156 Å². The average Bonchev–Trinajstić information content (AvgIpc) is 1.70. The molecular formula is C75H122N22O14. The smallest absolute Gasteiger partial charge is 0.326 e. The van der Waals surface area contributed by atoms with E-state index in [1.165, 1.54) is 0 Å². The van der Waals surface area contributed by atoms with Crippen molar-refractivity contribution < 1.29 is 67.7 Å². The Morgan fingerprint density at radius 2 is 0.775 bits per heavy atom. The van der Waals surface area contributed by atoms with E-state index in [0.29, 0.717) is 43.2 Å². The van der Waals surface area contributed by atoms with Gasteiger partial charge in [0.05, 0.1) is 13.2 Å². The van der Waals surface area contributed by atoms with Crippen molar-refractivity contribution in [3.05, 3.63) is 72.1 Å². The highest BCUT2D eigenvalue weighted by Crippen LogP contribution is 2.23. The van der Waals surface area contributed by atoms with Crippen LogP contribution in [0, 0.1) is 23.7 Å². The van der Waals surface area contributed by atoms with Crippen LogP contribution in [-0.2, 0) is 70.4 Å². The van der Waals surface area contributed by atoms with Crippen LogP contribution in [-0.4, -0.2) is 209 Å². The molecule has 0 bridgehead atoms. The Hall–Kier alpha value is -10.5. The first-order valence-electron chi connectivity index (χ1n) is 38.2. The molecule has 11 amide bonds. The van der Waals surface area contributed by atoms with Crippen molar-refractivity contribution in [2.75, 3.05) is 39.3 Å². The lowest BCUT2D eigenvalue weighted by atomic mass is 9.96. The third kappa shape index (κ3) is 32.6. The fourth-order valence-electron chi connectivity index (χ4n) is 12.4. The number of benzene rings is 2.